The van der Waals surface area contributed by atoms with E-state index < -0.39 is 0 Å². The van der Waals surface area contributed by atoms with Crippen molar-refractivity contribution in [3.05, 3.63) is 77.1 Å². The number of anilines is 2. The second-order valence-electron chi connectivity index (χ2n) is 13.0. The van der Waals surface area contributed by atoms with Gasteiger partial charge in [0.15, 0.2) is 0 Å². The van der Waals surface area contributed by atoms with E-state index in [2.05, 4.69) is 33.7 Å². The molecule has 1 fully saturated rings. The number of aryl methyl sites for hydroxylation is 3. The van der Waals surface area contributed by atoms with Crippen LogP contribution in [0.25, 0.3) is 11.0 Å². The maximum atomic E-state index is 13.7. The molecule has 1 aromatic heterocycles. The van der Waals surface area contributed by atoms with Crippen molar-refractivity contribution >= 4 is 40.1 Å². The van der Waals surface area contributed by atoms with Crippen LogP contribution in [0.4, 0.5) is 11.4 Å². The summed E-state index contributed by atoms with van der Waals surface area (Å²) in [5, 5.41) is 2.95. The smallest absolute Gasteiger partial charge is 0.258 e. The van der Waals surface area contributed by atoms with Crippen LogP contribution in [0, 0.1) is 13.8 Å². The van der Waals surface area contributed by atoms with Gasteiger partial charge < -0.3 is 34.1 Å². The molecule has 0 aliphatic carbocycles. The Hall–Kier alpha value is -4.90. The molecule has 3 amide bonds. The fourth-order valence-electron chi connectivity index (χ4n) is 6.34. The van der Waals surface area contributed by atoms with E-state index in [4.69, 9.17) is 9.47 Å². The van der Waals surface area contributed by atoms with Crippen molar-refractivity contribution in [2.75, 3.05) is 64.2 Å². The summed E-state index contributed by atoms with van der Waals surface area (Å²) in [6.45, 7) is 10.8. The SMILES string of the molecule is CCCn1c(C)nc2c(C(=O)Nc3ccc(C(=O)N(C)c4ccc(C)cc4OCCCCCC(=O)N4CCN(C)CC4)cc3OC)cccc21. The average Bonchev–Trinajstić information content (AvgIpc) is 3.44. The number of imidazole rings is 1. The lowest BCUT2D eigenvalue weighted by atomic mass is 10.1. The number of unbranched alkanes of at least 4 members (excludes halogenated alkanes) is 2. The number of methoxy groups -OCH3 is 1. The van der Waals surface area contributed by atoms with Gasteiger partial charge in [-0.2, -0.15) is 0 Å². The van der Waals surface area contributed by atoms with Crippen molar-refractivity contribution in [2.45, 2.75) is 59.4 Å². The number of amides is 3. The molecular weight excluding hydrogens is 632 g/mol. The number of fused-ring (bicyclic) bond motifs is 1. The van der Waals surface area contributed by atoms with Crippen LogP contribution >= 0.6 is 0 Å². The zero-order valence-electron chi connectivity index (χ0n) is 30.3. The van der Waals surface area contributed by atoms with Gasteiger partial charge in [-0.3, -0.25) is 14.4 Å². The first kappa shape index (κ1) is 36.4. The molecule has 266 valence electrons. The third-order valence-electron chi connectivity index (χ3n) is 9.29. The molecule has 11 nitrogen and oxygen atoms in total. The van der Waals surface area contributed by atoms with Crippen LogP contribution in [0.3, 0.4) is 0 Å². The monoisotopic (exact) mass is 682 g/mol. The highest BCUT2D eigenvalue weighted by atomic mass is 16.5. The predicted octanol–water partition coefficient (Wildman–Crippen LogP) is 6.31. The third-order valence-corrected chi connectivity index (χ3v) is 9.29. The van der Waals surface area contributed by atoms with E-state index in [1.807, 2.05) is 49.1 Å². The van der Waals surface area contributed by atoms with Crippen molar-refractivity contribution in [3.8, 4) is 11.5 Å². The van der Waals surface area contributed by atoms with E-state index in [1.54, 1.807) is 36.2 Å². The number of likely N-dealkylation sites (N-methyl/N-ethyl adjacent to an activating group) is 1. The number of aromatic nitrogens is 2. The zero-order chi connectivity index (χ0) is 35.8. The van der Waals surface area contributed by atoms with Gasteiger partial charge in [0.05, 0.1) is 36.2 Å². The Morgan fingerprint density at radius 3 is 2.46 bits per heavy atom. The molecular formula is C39H50N6O5. The molecule has 5 rings (SSSR count). The van der Waals surface area contributed by atoms with Crippen molar-refractivity contribution in [1.82, 2.24) is 19.4 Å². The van der Waals surface area contributed by atoms with Crippen LogP contribution in [-0.4, -0.2) is 91.1 Å². The van der Waals surface area contributed by atoms with Crippen molar-refractivity contribution in [2.24, 2.45) is 0 Å². The molecule has 0 unspecified atom stereocenters. The molecule has 3 aromatic carbocycles. The summed E-state index contributed by atoms with van der Waals surface area (Å²) in [6, 6.07) is 16.4. The van der Waals surface area contributed by atoms with Crippen LogP contribution in [0.15, 0.2) is 54.6 Å². The molecule has 11 heteroatoms. The van der Waals surface area contributed by atoms with Gasteiger partial charge in [0.2, 0.25) is 5.91 Å². The first-order valence-corrected chi connectivity index (χ1v) is 17.5. The quantitative estimate of drug-likeness (QED) is 0.155. The summed E-state index contributed by atoms with van der Waals surface area (Å²) >= 11 is 0. The maximum absolute atomic E-state index is 13.7. The number of para-hydroxylation sites is 1. The minimum absolute atomic E-state index is 0.232. The summed E-state index contributed by atoms with van der Waals surface area (Å²) in [6.07, 6.45) is 4.03. The number of carbonyl (C=O) groups excluding carboxylic acids is 3. The topological polar surface area (TPSA) is 109 Å². The van der Waals surface area contributed by atoms with Crippen LogP contribution in [-0.2, 0) is 11.3 Å². The number of carbonyl (C=O) groups is 3. The lowest BCUT2D eigenvalue weighted by Crippen LogP contribution is -2.47. The number of ether oxygens (including phenoxy) is 2. The largest absolute Gasteiger partial charge is 0.495 e. The Morgan fingerprint density at radius 2 is 1.72 bits per heavy atom. The molecule has 0 atom stereocenters. The number of nitrogens with one attached hydrogen (secondary N) is 1. The fourth-order valence-corrected chi connectivity index (χ4v) is 6.34. The number of benzene rings is 3. The molecule has 50 heavy (non-hydrogen) atoms. The zero-order valence-corrected chi connectivity index (χ0v) is 30.3. The Bertz CT molecular complexity index is 1830. The molecule has 0 spiro atoms. The first-order chi connectivity index (χ1) is 24.1. The molecule has 0 saturated carbocycles. The molecule has 4 aromatic rings. The fraction of sp³-hybridized carbons (Fsp3) is 0.436. The molecule has 1 N–H and O–H groups in total. The van der Waals surface area contributed by atoms with E-state index in [0.29, 0.717) is 52.5 Å². The van der Waals surface area contributed by atoms with Crippen molar-refractivity contribution in [1.29, 1.82) is 0 Å². The van der Waals surface area contributed by atoms with Gasteiger partial charge in [-0.25, -0.2) is 4.98 Å². The summed E-state index contributed by atoms with van der Waals surface area (Å²) < 4.78 is 13.9. The van der Waals surface area contributed by atoms with Gasteiger partial charge in [-0.1, -0.05) is 19.1 Å². The summed E-state index contributed by atoms with van der Waals surface area (Å²) in [7, 11) is 5.31. The van der Waals surface area contributed by atoms with Gasteiger partial charge in [0, 0.05) is 51.8 Å². The Kier molecular flexibility index (Phi) is 12.1. The van der Waals surface area contributed by atoms with E-state index in [9.17, 15) is 14.4 Å². The Labute approximate surface area is 295 Å². The van der Waals surface area contributed by atoms with Crippen LogP contribution < -0.4 is 19.7 Å². The summed E-state index contributed by atoms with van der Waals surface area (Å²) in [5.41, 5.74) is 4.54. The Morgan fingerprint density at radius 1 is 0.940 bits per heavy atom. The second-order valence-corrected chi connectivity index (χ2v) is 13.0. The second kappa shape index (κ2) is 16.7. The molecule has 0 bridgehead atoms. The maximum Gasteiger partial charge on any atom is 0.258 e. The lowest BCUT2D eigenvalue weighted by Gasteiger charge is -2.32. The van der Waals surface area contributed by atoms with Crippen LogP contribution in [0.1, 0.15) is 71.1 Å². The van der Waals surface area contributed by atoms with Gasteiger partial charge in [0.25, 0.3) is 11.8 Å². The molecule has 2 heterocycles. The van der Waals surface area contributed by atoms with Crippen molar-refractivity contribution in [3.63, 3.8) is 0 Å². The molecule has 0 radical (unpaired) electrons. The van der Waals surface area contributed by atoms with Crippen molar-refractivity contribution < 1.29 is 23.9 Å². The molecule has 1 aliphatic heterocycles. The minimum Gasteiger partial charge on any atom is -0.495 e. The highest BCUT2D eigenvalue weighted by Crippen LogP contribution is 2.32. The standard InChI is InChI=1S/C39H50N6O5/c1-7-19-45-28(3)40-37-30(12-11-13-33(37)45)38(47)41-31-17-16-29(26-34(31)49-6)39(48)43(5)32-18-15-27(2)25-35(32)50-24-10-8-9-14-36(46)44-22-20-42(4)21-23-44/h11-13,15-18,25-26H,7-10,14,19-24H2,1-6H3,(H,41,47). The first-order valence-electron chi connectivity index (χ1n) is 17.5. The van der Waals surface area contributed by atoms with Crippen LogP contribution in [0.5, 0.6) is 11.5 Å². The van der Waals surface area contributed by atoms with E-state index >= 15 is 0 Å². The minimum atomic E-state index is -0.311. The van der Waals surface area contributed by atoms with Gasteiger partial charge in [0.1, 0.15) is 22.8 Å². The lowest BCUT2D eigenvalue weighted by molar-refractivity contribution is -0.132. The molecule has 1 aliphatic rings. The van der Waals surface area contributed by atoms with E-state index in [0.717, 1.165) is 75.3 Å². The molecule has 1 saturated heterocycles. The number of hydrogen-bond donors (Lipinski definition) is 1. The highest BCUT2D eigenvalue weighted by Gasteiger charge is 2.22. The Balaban J connectivity index is 1.21. The number of hydrogen-bond acceptors (Lipinski definition) is 7. The summed E-state index contributed by atoms with van der Waals surface area (Å²) in [5.74, 6) is 1.52. The predicted molar refractivity (Wildman–Crippen MR) is 198 cm³/mol. The van der Waals surface area contributed by atoms with Crippen LogP contribution in [0.2, 0.25) is 0 Å². The number of nitrogens with zero attached hydrogens (tertiary/aromatic N) is 5. The van der Waals surface area contributed by atoms with Gasteiger partial charge >= 0.3 is 0 Å². The highest BCUT2D eigenvalue weighted by molar-refractivity contribution is 6.12. The van der Waals surface area contributed by atoms with E-state index in [1.165, 1.54) is 7.11 Å². The van der Waals surface area contributed by atoms with Gasteiger partial charge in [-0.15, -0.1) is 0 Å². The third kappa shape index (κ3) is 8.45. The normalized spacial score (nSPS) is 13.4. The number of piperazine rings is 1. The average molecular weight is 683 g/mol. The van der Waals surface area contributed by atoms with Gasteiger partial charge in [-0.05, 0) is 94.6 Å². The van der Waals surface area contributed by atoms with E-state index in [-0.39, 0.29) is 17.7 Å². The number of rotatable bonds is 14. The summed E-state index contributed by atoms with van der Waals surface area (Å²) in [4.78, 5) is 50.2.